The normalized spacial score (nSPS) is 12.8. The Labute approximate surface area is 122 Å². The highest BCUT2D eigenvalue weighted by Crippen LogP contribution is 2.39. The van der Waals surface area contributed by atoms with Crippen LogP contribution in [0, 0.1) is 6.92 Å². The quantitative estimate of drug-likeness (QED) is 0.787. The average molecular weight is 352 g/mol. The van der Waals surface area contributed by atoms with Gasteiger partial charge in [0, 0.05) is 20.5 Å². The Hall–Kier alpha value is -0.0600. The van der Waals surface area contributed by atoms with Crippen molar-refractivity contribution in [2.45, 2.75) is 13.0 Å². The van der Waals surface area contributed by atoms with Crippen LogP contribution < -0.4 is 0 Å². The van der Waals surface area contributed by atoms with Gasteiger partial charge in [-0.25, -0.2) is 0 Å². The Morgan fingerprint density at radius 2 is 1.88 bits per heavy atom. The van der Waals surface area contributed by atoms with Crippen LogP contribution in [0.4, 0.5) is 0 Å². The molecule has 1 heterocycles. The maximum absolute atomic E-state index is 10.3. The van der Waals surface area contributed by atoms with Gasteiger partial charge in [0.15, 0.2) is 0 Å². The maximum Gasteiger partial charge on any atom is 0.116 e. The third-order valence-electron chi connectivity index (χ3n) is 2.42. The van der Waals surface area contributed by atoms with E-state index in [0.717, 1.165) is 14.2 Å². The van der Waals surface area contributed by atoms with Crippen molar-refractivity contribution in [3.05, 3.63) is 54.1 Å². The van der Waals surface area contributed by atoms with Crippen molar-refractivity contribution in [3.63, 3.8) is 0 Å². The van der Waals surface area contributed by atoms with Gasteiger partial charge < -0.3 is 5.11 Å². The lowest BCUT2D eigenvalue weighted by molar-refractivity contribution is 0.224. The van der Waals surface area contributed by atoms with E-state index in [4.69, 9.17) is 23.2 Å². The fourth-order valence-electron chi connectivity index (χ4n) is 1.53. The summed E-state index contributed by atoms with van der Waals surface area (Å²) in [4.78, 5) is 0.823. The number of benzene rings is 1. The summed E-state index contributed by atoms with van der Waals surface area (Å²) in [6.07, 6.45) is -0.786. The number of aryl methyl sites for hydroxylation is 1. The minimum atomic E-state index is -0.786. The number of aliphatic hydroxyl groups excluding tert-OH is 1. The number of hydrogen-bond acceptors (Lipinski definition) is 2. The summed E-state index contributed by atoms with van der Waals surface area (Å²) in [5.74, 6) is 0. The van der Waals surface area contributed by atoms with E-state index in [-0.39, 0.29) is 0 Å². The van der Waals surface area contributed by atoms with Gasteiger partial charge in [0.2, 0.25) is 0 Å². The van der Waals surface area contributed by atoms with Crippen LogP contribution in [0.25, 0.3) is 0 Å². The first-order valence-corrected chi connectivity index (χ1v) is 7.25. The largest absolute Gasteiger partial charge is 0.383 e. The third kappa shape index (κ3) is 2.69. The second kappa shape index (κ2) is 5.29. The van der Waals surface area contributed by atoms with E-state index in [1.807, 2.05) is 13.0 Å². The van der Waals surface area contributed by atoms with E-state index in [1.165, 1.54) is 11.3 Å². The molecule has 0 bridgehead atoms. The molecular weight excluding hydrogens is 343 g/mol. The zero-order valence-corrected chi connectivity index (χ0v) is 12.8. The van der Waals surface area contributed by atoms with Gasteiger partial charge in [0.05, 0.1) is 3.79 Å². The van der Waals surface area contributed by atoms with Crippen LogP contribution in [-0.4, -0.2) is 5.11 Å². The molecule has 5 heteroatoms. The van der Waals surface area contributed by atoms with Gasteiger partial charge in [-0.3, -0.25) is 0 Å². The molecule has 0 saturated heterocycles. The predicted octanol–water partition coefficient (Wildman–Crippen LogP) is 5.21. The first-order valence-electron chi connectivity index (χ1n) is 4.88. The summed E-state index contributed by atoms with van der Waals surface area (Å²) in [5.41, 5.74) is 1.65. The SMILES string of the molecule is Cc1cc(C(O)c2c(Cl)cccc2Cl)sc1Br. The Morgan fingerprint density at radius 3 is 2.35 bits per heavy atom. The average Bonchev–Trinajstić information content (AvgIpc) is 2.59. The van der Waals surface area contributed by atoms with E-state index in [2.05, 4.69) is 15.9 Å². The lowest BCUT2D eigenvalue weighted by atomic mass is 10.1. The number of thiophene rings is 1. The van der Waals surface area contributed by atoms with Gasteiger partial charge in [-0.15, -0.1) is 11.3 Å². The number of halogens is 3. The molecular formula is C12H9BrCl2OS. The van der Waals surface area contributed by atoms with E-state index >= 15 is 0 Å². The van der Waals surface area contributed by atoms with Gasteiger partial charge in [-0.2, -0.15) is 0 Å². The van der Waals surface area contributed by atoms with Crippen molar-refractivity contribution in [1.82, 2.24) is 0 Å². The van der Waals surface area contributed by atoms with Crippen molar-refractivity contribution >= 4 is 50.5 Å². The Balaban J connectivity index is 2.47. The first kappa shape index (κ1) is 13.4. The molecule has 1 aromatic heterocycles. The molecule has 0 aliphatic rings. The molecule has 17 heavy (non-hydrogen) atoms. The molecule has 1 aromatic carbocycles. The molecule has 1 unspecified atom stereocenters. The van der Waals surface area contributed by atoms with Crippen LogP contribution in [0.2, 0.25) is 10.0 Å². The standard InChI is InChI=1S/C12H9BrCl2OS/c1-6-5-9(17-12(6)13)11(16)10-7(14)3-2-4-8(10)15/h2-5,11,16H,1H3. The van der Waals surface area contributed by atoms with Gasteiger partial charge >= 0.3 is 0 Å². The molecule has 0 amide bonds. The molecule has 0 radical (unpaired) electrons. The molecule has 0 aliphatic carbocycles. The zero-order chi connectivity index (χ0) is 12.6. The van der Waals surface area contributed by atoms with Crippen LogP contribution in [-0.2, 0) is 0 Å². The van der Waals surface area contributed by atoms with Gasteiger partial charge in [-0.05, 0) is 46.6 Å². The summed E-state index contributed by atoms with van der Waals surface area (Å²) in [5, 5.41) is 11.3. The molecule has 2 aromatic rings. The topological polar surface area (TPSA) is 20.2 Å². The lowest BCUT2D eigenvalue weighted by Gasteiger charge is -2.12. The molecule has 2 rings (SSSR count). The minimum Gasteiger partial charge on any atom is -0.383 e. The lowest BCUT2D eigenvalue weighted by Crippen LogP contribution is -1.99. The third-order valence-corrected chi connectivity index (χ3v) is 5.27. The summed E-state index contributed by atoms with van der Waals surface area (Å²) < 4.78 is 1.01. The molecule has 1 nitrogen and oxygen atoms in total. The Morgan fingerprint density at radius 1 is 1.29 bits per heavy atom. The van der Waals surface area contributed by atoms with Crippen molar-refractivity contribution in [2.24, 2.45) is 0 Å². The monoisotopic (exact) mass is 350 g/mol. The molecule has 0 fully saturated rings. The van der Waals surface area contributed by atoms with Crippen LogP contribution in [0.15, 0.2) is 28.1 Å². The Bertz CT molecular complexity index is 514. The van der Waals surface area contributed by atoms with Gasteiger partial charge in [0.25, 0.3) is 0 Å². The fraction of sp³-hybridized carbons (Fsp3) is 0.167. The van der Waals surface area contributed by atoms with Crippen molar-refractivity contribution < 1.29 is 5.11 Å². The van der Waals surface area contributed by atoms with E-state index in [9.17, 15) is 5.11 Å². The van der Waals surface area contributed by atoms with Crippen LogP contribution >= 0.6 is 50.5 Å². The maximum atomic E-state index is 10.3. The summed E-state index contributed by atoms with van der Waals surface area (Å²) in [7, 11) is 0. The van der Waals surface area contributed by atoms with Crippen molar-refractivity contribution in [2.75, 3.05) is 0 Å². The highest BCUT2D eigenvalue weighted by Gasteiger charge is 2.19. The number of aliphatic hydroxyl groups is 1. The van der Waals surface area contributed by atoms with Gasteiger partial charge in [-0.1, -0.05) is 29.3 Å². The molecule has 0 saturated carbocycles. The fourth-order valence-corrected chi connectivity index (χ4v) is 3.70. The smallest absolute Gasteiger partial charge is 0.116 e. The van der Waals surface area contributed by atoms with Crippen molar-refractivity contribution in [3.8, 4) is 0 Å². The molecule has 0 spiro atoms. The summed E-state index contributed by atoms with van der Waals surface area (Å²) >= 11 is 17.1. The van der Waals surface area contributed by atoms with Crippen LogP contribution in [0.3, 0.4) is 0 Å². The number of rotatable bonds is 2. The molecule has 0 aliphatic heterocycles. The summed E-state index contributed by atoms with van der Waals surface area (Å²) in [6, 6.07) is 7.14. The summed E-state index contributed by atoms with van der Waals surface area (Å²) in [6.45, 7) is 1.98. The van der Waals surface area contributed by atoms with E-state index in [0.29, 0.717) is 15.6 Å². The zero-order valence-electron chi connectivity index (χ0n) is 8.88. The molecule has 90 valence electrons. The van der Waals surface area contributed by atoms with Crippen LogP contribution in [0.5, 0.6) is 0 Å². The highest BCUT2D eigenvalue weighted by molar-refractivity contribution is 9.11. The second-order valence-corrected chi connectivity index (χ2v) is 6.86. The van der Waals surface area contributed by atoms with Crippen LogP contribution in [0.1, 0.15) is 22.1 Å². The van der Waals surface area contributed by atoms with E-state index < -0.39 is 6.10 Å². The molecule has 1 atom stereocenters. The minimum absolute atomic E-state index is 0.479. The second-order valence-electron chi connectivity index (χ2n) is 3.64. The first-order chi connectivity index (χ1) is 8.00. The molecule has 1 N–H and O–H groups in total. The highest BCUT2D eigenvalue weighted by atomic mass is 79.9. The van der Waals surface area contributed by atoms with Crippen molar-refractivity contribution in [1.29, 1.82) is 0 Å². The van der Waals surface area contributed by atoms with Gasteiger partial charge in [0.1, 0.15) is 6.10 Å². The predicted molar refractivity (Wildman–Crippen MR) is 77.3 cm³/mol. The Kier molecular flexibility index (Phi) is 4.16. The number of hydrogen-bond donors (Lipinski definition) is 1. The van der Waals surface area contributed by atoms with E-state index in [1.54, 1.807) is 18.2 Å².